The Morgan fingerprint density at radius 2 is 2.10 bits per heavy atom. The Bertz CT molecular complexity index is 946. The number of allylic oxidation sites excluding steroid dienone is 2. The number of ether oxygens (including phenoxy) is 1. The number of benzene rings is 1. The van der Waals surface area contributed by atoms with Gasteiger partial charge in [0.1, 0.15) is 5.92 Å². The van der Waals surface area contributed by atoms with Crippen molar-refractivity contribution >= 4 is 17.4 Å². The summed E-state index contributed by atoms with van der Waals surface area (Å²) in [5, 5.41) is 24.3. The minimum atomic E-state index is -0.914. The zero-order valence-corrected chi connectivity index (χ0v) is 16.7. The van der Waals surface area contributed by atoms with Crippen LogP contribution in [0.15, 0.2) is 41.7 Å². The van der Waals surface area contributed by atoms with Gasteiger partial charge in [-0.25, -0.2) is 0 Å². The van der Waals surface area contributed by atoms with E-state index in [9.17, 15) is 24.8 Å². The molecule has 2 unspecified atom stereocenters. The standard InChI is InChI=1S/C21H24N2O6/c1-5-29-20(26)17-11(2)22-13-9-21(3,4)10-16(25)19(13)18(17)12-6-7-15(24)14(8-12)23(27)28/h6-8,17-18,22,24H,2,5,9-10H2,1,3-4H3. The highest BCUT2D eigenvalue weighted by atomic mass is 16.6. The molecule has 1 aliphatic heterocycles. The van der Waals surface area contributed by atoms with Gasteiger partial charge in [0, 0.05) is 35.4 Å². The Morgan fingerprint density at radius 3 is 2.72 bits per heavy atom. The molecule has 1 aromatic rings. The topological polar surface area (TPSA) is 119 Å². The van der Waals surface area contributed by atoms with Crippen LogP contribution in [0.4, 0.5) is 5.69 Å². The Balaban J connectivity index is 2.22. The maximum Gasteiger partial charge on any atom is 0.315 e. The number of aromatic hydroxyl groups is 1. The molecule has 0 aromatic heterocycles. The van der Waals surface area contributed by atoms with Crippen molar-refractivity contribution in [2.45, 2.75) is 39.5 Å². The molecule has 0 radical (unpaired) electrons. The number of phenolic OH excluding ortho intramolecular Hbond substituents is 1. The van der Waals surface area contributed by atoms with E-state index in [2.05, 4.69) is 11.9 Å². The fourth-order valence-electron chi connectivity index (χ4n) is 4.20. The van der Waals surface area contributed by atoms with E-state index in [1.807, 2.05) is 13.8 Å². The number of rotatable bonds is 4. The highest BCUT2D eigenvalue weighted by Crippen LogP contribution is 2.49. The van der Waals surface area contributed by atoms with Gasteiger partial charge in [-0.15, -0.1) is 0 Å². The van der Waals surface area contributed by atoms with E-state index in [-0.39, 0.29) is 17.8 Å². The fourth-order valence-corrected chi connectivity index (χ4v) is 4.20. The summed E-state index contributed by atoms with van der Waals surface area (Å²) < 4.78 is 5.20. The van der Waals surface area contributed by atoms with Crippen LogP contribution in [0.3, 0.4) is 0 Å². The smallest absolute Gasteiger partial charge is 0.315 e. The van der Waals surface area contributed by atoms with Crippen LogP contribution in [0.1, 0.15) is 45.1 Å². The molecule has 2 N–H and O–H groups in total. The first-order valence-corrected chi connectivity index (χ1v) is 9.41. The highest BCUT2D eigenvalue weighted by Gasteiger charge is 2.47. The van der Waals surface area contributed by atoms with Crippen molar-refractivity contribution in [2.75, 3.05) is 6.61 Å². The first-order valence-electron chi connectivity index (χ1n) is 9.41. The second kappa shape index (κ2) is 7.35. The van der Waals surface area contributed by atoms with Gasteiger partial charge in [0.05, 0.1) is 11.5 Å². The maximum absolute atomic E-state index is 13.1. The lowest BCUT2D eigenvalue weighted by atomic mass is 9.66. The van der Waals surface area contributed by atoms with Gasteiger partial charge in [0.25, 0.3) is 0 Å². The predicted octanol–water partition coefficient (Wildman–Crippen LogP) is 3.32. The van der Waals surface area contributed by atoms with Crippen molar-refractivity contribution in [2.24, 2.45) is 11.3 Å². The Hall–Kier alpha value is -3.16. The largest absolute Gasteiger partial charge is 0.502 e. The van der Waals surface area contributed by atoms with E-state index in [0.29, 0.717) is 35.4 Å². The lowest BCUT2D eigenvalue weighted by Gasteiger charge is -2.42. The number of nitro benzene ring substituents is 1. The molecule has 0 saturated carbocycles. The van der Waals surface area contributed by atoms with E-state index in [1.165, 1.54) is 18.2 Å². The molecule has 1 aliphatic carbocycles. The number of phenols is 1. The van der Waals surface area contributed by atoms with Crippen molar-refractivity contribution in [1.82, 2.24) is 5.32 Å². The van der Waals surface area contributed by atoms with Crippen molar-refractivity contribution in [3.63, 3.8) is 0 Å². The minimum absolute atomic E-state index is 0.119. The molecule has 3 rings (SSSR count). The summed E-state index contributed by atoms with van der Waals surface area (Å²) in [4.78, 5) is 36.4. The minimum Gasteiger partial charge on any atom is -0.502 e. The summed E-state index contributed by atoms with van der Waals surface area (Å²) in [6.45, 7) is 9.77. The molecule has 2 aliphatic rings. The third-order valence-electron chi connectivity index (χ3n) is 5.35. The summed E-state index contributed by atoms with van der Waals surface area (Å²) >= 11 is 0. The van der Waals surface area contributed by atoms with E-state index in [0.717, 1.165) is 0 Å². The number of carbonyl (C=O) groups excluding carboxylic acids is 2. The fraction of sp³-hybridized carbons (Fsp3) is 0.429. The quantitative estimate of drug-likeness (QED) is 0.452. The molecule has 154 valence electrons. The molecule has 1 heterocycles. The molecule has 8 nitrogen and oxygen atoms in total. The lowest BCUT2D eigenvalue weighted by Crippen LogP contribution is -2.43. The molecule has 8 heteroatoms. The number of esters is 1. The average Bonchev–Trinajstić information content (AvgIpc) is 2.59. The Labute approximate surface area is 168 Å². The molecular weight excluding hydrogens is 376 g/mol. The number of hydrogen-bond acceptors (Lipinski definition) is 7. The number of carbonyl (C=O) groups is 2. The van der Waals surface area contributed by atoms with Gasteiger partial charge in [-0.3, -0.25) is 19.7 Å². The van der Waals surface area contributed by atoms with E-state index in [4.69, 9.17) is 4.74 Å². The van der Waals surface area contributed by atoms with Crippen LogP contribution in [0.2, 0.25) is 0 Å². The van der Waals surface area contributed by atoms with Gasteiger partial charge >= 0.3 is 11.7 Å². The van der Waals surface area contributed by atoms with E-state index < -0.39 is 34.2 Å². The van der Waals surface area contributed by atoms with Gasteiger partial charge < -0.3 is 15.2 Å². The monoisotopic (exact) mass is 400 g/mol. The second-order valence-electron chi connectivity index (χ2n) is 8.20. The zero-order chi connectivity index (χ0) is 21.5. The third-order valence-corrected chi connectivity index (χ3v) is 5.35. The molecule has 0 spiro atoms. The van der Waals surface area contributed by atoms with Gasteiger partial charge in [-0.1, -0.05) is 26.5 Å². The SMILES string of the molecule is C=C1NC2=C(C(=O)CC(C)(C)C2)C(c2ccc(O)c([N+](=O)[O-])c2)C1C(=O)OCC. The molecular formula is C21H24N2O6. The van der Waals surface area contributed by atoms with E-state index in [1.54, 1.807) is 6.92 Å². The molecule has 0 saturated heterocycles. The normalized spacial score (nSPS) is 23.3. The Morgan fingerprint density at radius 1 is 1.41 bits per heavy atom. The number of hydrogen-bond donors (Lipinski definition) is 2. The molecule has 0 amide bonds. The van der Waals surface area contributed by atoms with Crippen LogP contribution >= 0.6 is 0 Å². The number of Topliss-reactive ketones (excluding diaryl/α,β-unsaturated/α-hetero) is 1. The van der Waals surface area contributed by atoms with Crippen molar-refractivity contribution < 1.29 is 24.4 Å². The molecule has 0 fully saturated rings. The van der Waals surface area contributed by atoms with Crippen molar-refractivity contribution in [3.8, 4) is 5.75 Å². The first kappa shape index (κ1) is 20.6. The van der Waals surface area contributed by atoms with Crippen LogP contribution in [0.5, 0.6) is 5.75 Å². The Kier molecular flexibility index (Phi) is 5.21. The molecule has 0 bridgehead atoms. The first-order chi connectivity index (χ1) is 13.6. The van der Waals surface area contributed by atoms with Crippen molar-refractivity contribution in [3.05, 3.63) is 57.4 Å². The van der Waals surface area contributed by atoms with Gasteiger partial charge in [0.2, 0.25) is 0 Å². The van der Waals surface area contributed by atoms with Crippen molar-refractivity contribution in [1.29, 1.82) is 0 Å². The molecule has 2 atom stereocenters. The van der Waals surface area contributed by atoms with E-state index >= 15 is 0 Å². The predicted molar refractivity (Wildman–Crippen MR) is 105 cm³/mol. The number of ketones is 1. The van der Waals surface area contributed by atoms with Crippen LogP contribution in [0.25, 0.3) is 0 Å². The molecule has 1 aromatic carbocycles. The van der Waals surface area contributed by atoms with Gasteiger partial charge in [-0.2, -0.15) is 0 Å². The third kappa shape index (κ3) is 3.74. The number of nitrogens with one attached hydrogen (secondary N) is 1. The number of nitro groups is 1. The average molecular weight is 400 g/mol. The summed E-state index contributed by atoms with van der Waals surface area (Å²) in [7, 11) is 0. The van der Waals surface area contributed by atoms with Crippen LogP contribution in [-0.2, 0) is 14.3 Å². The lowest BCUT2D eigenvalue weighted by molar-refractivity contribution is -0.385. The van der Waals surface area contributed by atoms with Crippen LogP contribution < -0.4 is 5.32 Å². The summed E-state index contributed by atoms with van der Waals surface area (Å²) in [5.74, 6) is -2.85. The van der Waals surface area contributed by atoms with Crippen LogP contribution in [0, 0.1) is 21.4 Å². The highest BCUT2D eigenvalue weighted by molar-refractivity contribution is 6.01. The second-order valence-corrected chi connectivity index (χ2v) is 8.20. The van der Waals surface area contributed by atoms with Crippen LogP contribution in [-0.4, -0.2) is 28.4 Å². The summed E-state index contributed by atoms with van der Waals surface area (Å²) in [5.41, 5.74) is 1.13. The van der Waals surface area contributed by atoms with Gasteiger partial charge in [0.15, 0.2) is 11.5 Å². The summed E-state index contributed by atoms with van der Waals surface area (Å²) in [6.07, 6.45) is 0.880. The maximum atomic E-state index is 13.1. The summed E-state index contributed by atoms with van der Waals surface area (Å²) in [6, 6.07) is 3.91. The number of nitrogens with zero attached hydrogens (tertiary/aromatic N) is 1. The molecule has 29 heavy (non-hydrogen) atoms. The zero-order valence-electron chi connectivity index (χ0n) is 16.7. The van der Waals surface area contributed by atoms with Gasteiger partial charge in [-0.05, 0) is 30.4 Å².